The number of ether oxygens (including phenoxy) is 1. The van der Waals surface area contributed by atoms with Gasteiger partial charge in [-0.25, -0.2) is 4.98 Å². The summed E-state index contributed by atoms with van der Waals surface area (Å²) in [6.45, 7) is 1.82. The van der Waals surface area contributed by atoms with Gasteiger partial charge in [0.2, 0.25) is 0 Å². The van der Waals surface area contributed by atoms with E-state index in [1.165, 1.54) is 0 Å². The summed E-state index contributed by atoms with van der Waals surface area (Å²) in [6.07, 6.45) is 1.09. The molecule has 6 heteroatoms. The second kappa shape index (κ2) is 5.25. The third-order valence-electron chi connectivity index (χ3n) is 2.22. The first-order valence-corrected chi connectivity index (χ1v) is 5.39. The number of rotatable bonds is 2. The minimum absolute atomic E-state index is 0.229. The first-order valence-electron chi connectivity index (χ1n) is 5.01. The smallest absolute Gasteiger partial charge is 0.256 e. The zero-order valence-corrected chi connectivity index (χ0v) is 9.33. The first kappa shape index (κ1) is 11.3. The molecule has 0 saturated carbocycles. The van der Waals surface area contributed by atoms with Gasteiger partial charge in [0, 0.05) is 19.3 Å². The monoisotopic (exact) mass is 241 g/mol. The van der Waals surface area contributed by atoms with Crippen LogP contribution < -0.4 is 10.6 Å². The molecule has 0 radical (unpaired) electrons. The van der Waals surface area contributed by atoms with E-state index >= 15 is 0 Å². The van der Waals surface area contributed by atoms with Crippen molar-refractivity contribution in [1.29, 1.82) is 0 Å². The average molecular weight is 242 g/mol. The fourth-order valence-electron chi connectivity index (χ4n) is 1.41. The number of nitrogens with zero attached hydrogens (tertiary/aromatic N) is 1. The van der Waals surface area contributed by atoms with E-state index in [4.69, 9.17) is 16.3 Å². The van der Waals surface area contributed by atoms with Crippen LogP contribution in [0.1, 0.15) is 0 Å². The molecule has 5 nitrogen and oxygen atoms in total. The van der Waals surface area contributed by atoms with Crippen molar-refractivity contribution in [2.75, 3.05) is 25.0 Å². The van der Waals surface area contributed by atoms with Crippen LogP contribution in [0.2, 0.25) is 5.02 Å². The van der Waals surface area contributed by atoms with Crippen LogP contribution in [0, 0.1) is 0 Å². The predicted octanol–water partition coefficient (Wildman–Crippen LogP) is 0.662. The number of hydrogen-bond acceptors (Lipinski definition) is 4. The summed E-state index contributed by atoms with van der Waals surface area (Å²) in [7, 11) is 0. The average Bonchev–Trinajstić information content (AvgIpc) is 2.33. The number of nitrogens with one attached hydrogen (secondary N) is 2. The zero-order valence-electron chi connectivity index (χ0n) is 8.57. The summed E-state index contributed by atoms with van der Waals surface area (Å²) in [5.74, 6) is 0.135. The molecule has 1 saturated heterocycles. The SMILES string of the molecule is O=C(Nc1ncccc1Cl)C1CNCCO1. The first-order chi connectivity index (χ1) is 7.77. The lowest BCUT2D eigenvalue weighted by Crippen LogP contribution is -2.45. The lowest BCUT2D eigenvalue weighted by molar-refractivity contribution is -0.128. The maximum Gasteiger partial charge on any atom is 0.256 e. The van der Waals surface area contributed by atoms with Crippen molar-refractivity contribution in [2.45, 2.75) is 6.10 Å². The number of amides is 1. The number of hydrogen-bond donors (Lipinski definition) is 2. The van der Waals surface area contributed by atoms with E-state index < -0.39 is 6.10 Å². The van der Waals surface area contributed by atoms with Crippen LogP contribution in [0.5, 0.6) is 0 Å². The Morgan fingerprint density at radius 3 is 3.25 bits per heavy atom. The third kappa shape index (κ3) is 2.69. The molecule has 0 spiro atoms. The van der Waals surface area contributed by atoms with Crippen molar-refractivity contribution in [3.8, 4) is 0 Å². The fourth-order valence-corrected chi connectivity index (χ4v) is 1.58. The van der Waals surface area contributed by atoms with E-state index in [2.05, 4.69) is 15.6 Å². The molecule has 1 aliphatic rings. The van der Waals surface area contributed by atoms with Crippen molar-refractivity contribution in [2.24, 2.45) is 0 Å². The summed E-state index contributed by atoms with van der Waals surface area (Å²) in [5, 5.41) is 6.13. The maximum absolute atomic E-state index is 11.7. The molecule has 0 aliphatic carbocycles. The topological polar surface area (TPSA) is 63.2 Å². The fraction of sp³-hybridized carbons (Fsp3) is 0.400. The van der Waals surface area contributed by atoms with Gasteiger partial charge in [-0.15, -0.1) is 0 Å². The molecule has 1 unspecified atom stereocenters. The molecule has 1 atom stereocenters. The van der Waals surface area contributed by atoms with E-state index in [-0.39, 0.29) is 5.91 Å². The predicted molar refractivity (Wildman–Crippen MR) is 60.5 cm³/mol. The molecule has 1 fully saturated rings. The Hall–Kier alpha value is -1.17. The summed E-state index contributed by atoms with van der Waals surface area (Å²) < 4.78 is 5.31. The quantitative estimate of drug-likeness (QED) is 0.799. The molecule has 16 heavy (non-hydrogen) atoms. The van der Waals surface area contributed by atoms with Crippen LogP contribution in [0.4, 0.5) is 5.82 Å². The van der Waals surface area contributed by atoms with E-state index in [1.807, 2.05) is 0 Å². The van der Waals surface area contributed by atoms with Gasteiger partial charge < -0.3 is 15.4 Å². The van der Waals surface area contributed by atoms with Gasteiger partial charge in [0.05, 0.1) is 11.6 Å². The van der Waals surface area contributed by atoms with E-state index in [0.717, 1.165) is 6.54 Å². The molecule has 86 valence electrons. The Morgan fingerprint density at radius 2 is 2.56 bits per heavy atom. The highest BCUT2D eigenvalue weighted by Crippen LogP contribution is 2.17. The zero-order chi connectivity index (χ0) is 11.4. The Labute approximate surface area is 98.1 Å². The summed E-state index contributed by atoms with van der Waals surface area (Å²) in [4.78, 5) is 15.7. The number of pyridine rings is 1. The van der Waals surface area contributed by atoms with Crippen LogP contribution in [-0.2, 0) is 9.53 Å². The van der Waals surface area contributed by atoms with Gasteiger partial charge in [-0.2, -0.15) is 0 Å². The molecule has 2 heterocycles. The normalized spacial score (nSPS) is 20.4. The van der Waals surface area contributed by atoms with Gasteiger partial charge in [-0.05, 0) is 12.1 Å². The van der Waals surface area contributed by atoms with Crippen molar-refractivity contribution >= 4 is 23.3 Å². The van der Waals surface area contributed by atoms with Gasteiger partial charge in [0.1, 0.15) is 6.10 Å². The highest BCUT2D eigenvalue weighted by molar-refractivity contribution is 6.33. The van der Waals surface area contributed by atoms with Crippen LogP contribution in [-0.4, -0.2) is 36.7 Å². The van der Waals surface area contributed by atoms with Gasteiger partial charge >= 0.3 is 0 Å². The van der Waals surface area contributed by atoms with Crippen LogP contribution in [0.15, 0.2) is 18.3 Å². The molecule has 1 aromatic rings. The largest absolute Gasteiger partial charge is 0.366 e. The summed E-state index contributed by atoms with van der Waals surface area (Å²) in [6, 6.07) is 3.38. The van der Waals surface area contributed by atoms with Gasteiger partial charge in [0.15, 0.2) is 5.82 Å². The van der Waals surface area contributed by atoms with Gasteiger partial charge in [-0.1, -0.05) is 11.6 Å². The second-order valence-electron chi connectivity index (χ2n) is 3.39. The standard InChI is InChI=1S/C10H12ClN3O2/c11-7-2-1-3-13-9(7)14-10(15)8-6-12-4-5-16-8/h1-3,8,12H,4-6H2,(H,13,14,15). The van der Waals surface area contributed by atoms with Crippen molar-refractivity contribution < 1.29 is 9.53 Å². The van der Waals surface area contributed by atoms with Crippen LogP contribution in [0.3, 0.4) is 0 Å². The second-order valence-corrected chi connectivity index (χ2v) is 3.79. The number of anilines is 1. The summed E-state index contributed by atoms with van der Waals surface area (Å²) >= 11 is 5.87. The Balaban J connectivity index is 1.99. The molecular formula is C10H12ClN3O2. The molecule has 1 amide bonds. The molecule has 1 aliphatic heterocycles. The van der Waals surface area contributed by atoms with Gasteiger partial charge in [-0.3, -0.25) is 4.79 Å². The highest BCUT2D eigenvalue weighted by Gasteiger charge is 2.22. The summed E-state index contributed by atoms with van der Waals surface area (Å²) in [5.41, 5.74) is 0. The minimum atomic E-state index is -0.480. The van der Waals surface area contributed by atoms with E-state index in [9.17, 15) is 4.79 Å². The molecule has 2 rings (SSSR count). The van der Waals surface area contributed by atoms with E-state index in [0.29, 0.717) is 24.0 Å². The minimum Gasteiger partial charge on any atom is -0.366 e. The van der Waals surface area contributed by atoms with Gasteiger partial charge in [0.25, 0.3) is 5.91 Å². The lowest BCUT2D eigenvalue weighted by atomic mass is 10.3. The molecular weight excluding hydrogens is 230 g/mol. The molecule has 1 aromatic heterocycles. The van der Waals surface area contributed by atoms with E-state index in [1.54, 1.807) is 18.3 Å². The van der Waals surface area contributed by atoms with Crippen molar-refractivity contribution in [3.05, 3.63) is 23.4 Å². The molecule has 2 N–H and O–H groups in total. The maximum atomic E-state index is 11.7. The van der Waals surface area contributed by atoms with Crippen LogP contribution in [0.25, 0.3) is 0 Å². The number of aromatic nitrogens is 1. The van der Waals surface area contributed by atoms with Crippen molar-refractivity contribution in [3.63, 3.8) is 0 Å². The Kier molecular flexibility index (Phi) is 3.71. The highest BCUT2D eigenvalue weighted by atomic mass is 35.5. The number of carbonyl (C=O) groups excluding carboxylic acids is 1. The molecule has 0 aromatic carbocycles. The molecule has 0 bridgehead atoms. The Bertz CT molecular complexity index is 380. The lowest BCUT2D eigenvalue weighted by Gasteiger charge is -2.22. The van der Waals surface area contributed by atoms with Crippen molar-refractivity contribution in [1.82, 2.24) is 10.3 Å². The third-order valence-corrected chi connectivity index (χ3v) is 2.53. The Morgan fingerprint density at radius 1 is 1.69 bits per heavy atom. The van der Waals surface area contributed by atoms with Crippen LogP contribution >= 0.6 is 11.6 Å². The number of morpholine rings is 1. The number of halogens is 1. The number of carbonyl (C=O) groups is 1.